The number of likely N-dealkylation sites (tertiary alicyclic amines) is 1. The first kappa shape index (κ1) is 27.2. The molecular formula is C27H28F3N5O3S. The number of hydrogen-bond acceptors (Lipinski definition) is 8. The number of aldehydes is 1. The number of benzene rings is 1. The lowest BCUT2D eigenvalue weighted by Gasteiger charge is -2.34. The van der Waals surface area contributed by atoms with Crippen molar-refractivity contribution in [1.29, 1.82) is 0 Å². The first-order valence-corrected chi connectivity index (χ1v) is 13.6. The zero-order chi connectivity index (χ0) is 27.7. The quantitative estimate of drug-likeness (QED) is 0.279. The zero-order valence-corrected chi connectivity index (χ0v) is 22.3. The number of Topliss-reactive ketones (excluding diaryl/α,β-unsaturated/α-hetero) is 1. The van der Waals surface area contributed by atoms with Crippen molar-refractivity contribution in [2.75, 3.05) is 13.1 Å². The minimum absolute atomic E-state index is 0.0208. The second-order valence-corrected chi connectivity index (χ2v) is 10.8. The van der Waals surface area contributed by atoms with E-state index in [9.17, 15) is 22.8 Å². The molecule has 3 aromatic rings. The van der Waals surface area contributed by atoms with Gasteiger partial charge in [-0.25, -0.2) is 4.98 Å². The molecule has 0 aliphatic carbocycles. The summed E-state index contributed by atoms with van der Waals surface area (Å²) in [5, 5.41) is 10.9. The second-order valence-electron chi connectivity index (χ2n) is 9.92. The van der Waals surface area contributed by atoms with Crippen LogP contribution in [0.2, 0.25) is 0 Å². The summed E-state index contributed by atoms with van der Waals surface area (Å²) in [5.74, 6) is 0.195. The molecule has 0 radical (unpaired) electrons. The minimum atomic E-state index is -4.52. The maximum atomic E-state index is 13.0. The number of ketones is 1. The summed E-state index contributed by atoms with van der Waals surface area (Å²) in [6, 6.07) is 7.82. The van der Waals surface area contributed by atoms with Gasteiger partial charge >= 0.3 is 6.18 Å². The van der Waals surface area contributed by atoms with Crippen LogP contribution in [0.4, 0.5) is 13.2 Å². The number of nitrogens with zero attached hydrogens (tertiary/aromatic N) is 5. The van der Waals surface area contributed by atoms with Crippen molar-refractivity contribution in [3.8, 4) is 0 Å². The van der Waals surface area contributed by atoms with Crippen LogP contribution in [-0.4, -0.2) is 56.6 Å². The molecule has 2 unspecified atom stereocenters. The molecule has 0 spiro atoms. The molecule has 5 rings (SSSR count). The Kier molecular flexibility index (Phi) is 7.68. The summed E-state index contributed by atoms with van der Waals surface area (Å²) in [4.78, 5) is 36.4. The standard InChI is InChI=1S/C27H28F3N5O3S/c1-16-11-25(27(28,29)30)32-35(16)13-19(14-36)34-9-7-18(8-10-34)26-31-23(15-39-26)22-12-24(38-33-22)21-6-4-3-5-20(21)17(2)37/h3-6,11,14-15,18-19,24H,7-10,12-13H2,1-2H3. The van der Waals surface area contributed by atoms with E-state index < -0.39 is 17.9 Å². The summed E-state index contributed by atoms with van der Waals surface area (Å²) < 4.78 is 40.3. The van der Waals surface area contributed by atoms with Crippen LogP contribution in [-0.2, 0) is 22.4 Å². The van der Waals surface area contributed by atoms with Crippen molar-refractivity contribution in [1.82, 2.24) is 19.7 Å². The minimum Gasteiger partial charge on any atom is -0.387 e. The molecule has 2 aliphatic heterocycles. The van der Waals surface area contributed by atoms with Crippen molar-refractivity contribution >= 4 is 29.1 Å². The van der Waals surface area contributed by atoms with Crippen molar-refractivity contribution in [3.05, 3.63) is 68.9 Å². The third-order valence-electron chi connectivity index (χ3n) is 7.31. The fourth-order valence-corrected chi connectivity index (χ4v) is 6.14. The number of hydrogen-bond donors (Lipinski definition) is 0. The molecule has 206 valence electrons. The van der Waals surface area contributed by atoms with Gasteiger partial charge in [-0.1, -0.05) is 29.4 Å². The number of carbonyl (C=O) groups is 2. The molecule has 0 saturated carbocycles. The highest BCUT2D eigenvalue weighted by atomic mass is 32.1. The van der Waals surface area contributed by atoms with Crippen molar-refractivity contribution < 1.29 is 27.6 Å². The van der Waals surface area contributed by atoms with E-state index in [0.717, 1.165) is 47.2 Å². The molecule has 39 heavy (non-hydrogen) atoms. The van der Waals surface area contributed by atoms with Gasteiger partial charge in [-0.3, -0.25) is 14.4 Å². The van der Waals surface area contributed by atoms with Gasteiger partial charge in [0.2, 0.25) is 0 Å². The SMILES string of the molecule is CC(=O)c1ccccc1C1CC(c2csc(C3CCN(C(C=O)Cn4nc(C(F)(F)F)cc4C)CC3)n2)=NO1. The number of rotatable bonds is 8. The van der Waals surface area contributed by atoms with E-state index in [4.69, 9.17) is 9.82 Å². The van der Waals surface area contributed by atoms with E-state index in [1.165, 1.54) is 11.6 Å². The molecule has 2 atom stereocenters. The van der Waals surface area contributed by atoms with Crippen LogP contribution in [0.15, 0.2) is 40.9 Å². The van der Waals surface area contributed by atoms with Crippen LogP contribution in [0.25, 0.3) is 0 Å². The van der Waals surface area contributed by atoms with Crippen molar-refractivity contribution in [3.63, 3.8) is 0 Å². The molecule has 2 aliphatic rings. The molecule has 0 amide bonds. The fourth-order valence-electron chi connectivity index (χ4n) is 5.13. The number of aromatic nitrogens is 3. The molecule has 12 heteroatoms. The summed E-state index contributed by atoms with van der Waals surface area (Å²) in [6.45, 7) is 4.42. The first-order chi connectivity index (χ1) is 18.6. The normalized spacial score (nSPS) is 19.5. The molecule has 0 bridgehead atoms. The summed E-state index contributed by atoms with van der Waals surface area (Å²) in [7, 11) is 0. The maximum absolute atomic E-state index is 13.0. The molecule has 1 saturated heterocycles. The van der Waals surface area contributed by atoms with E-state index in [0.29, 0.717) is 30.8 Å². The highest BCUT2D eigenvalue weighted by molar-refractivity contribution is 7.10. The lowest BCUT2D eigenvalue weighted by Crippen LogP contribution is -2.44. The third kappa shape index (κ3) is 5.81. The van der Waals surface area contributed by atoms with Crippen LogP contribution in [0.5, 0.6) is 0 Å². The smallest absolute Gasteiger partial charge is 0.387 e. The molecule has 8 nitrogen and oxygen atoms in total. The average molecular weight is 560 g/mol. The van der Waals surface area contributed by atoms with E-state index in [1.54, 1.807) is 24.3 Å². The van der Waals surface area contributed by atoms with Gasteiger partial charge in [0.15, 0.2) is 17.6 Å². The first-order valence-electron chi connectivity index (χ1n) is 12.7. The number of halogens is 3. The zero-order valence-electron chi connectivity index (χ0n) is 21.5. The van der Waals surface area contributed by atoms with Gasteiger partial charge in [-0.2, -0.15) is 18.3 Å². The number of oxime groups is 1. The lowest BCUT2D eigenvalue weighted by atomic mass is 9.96. The Morgan fingerprint density at radius 3 is 2.67 bits per heavy atom. The molecule has 4 heterocycles. The van der Waals surface area contributed by atoms with Gasteiger partial charge < -0.3 is 9.63 Å². The van der Waals surface area contributed by atoms with Crippen LogP contribution in [0.3, 0.4) is 0 Å². The van der Waals surface area contributed by atoms with E-state index in [-0.39, 0.29) is 24.3 Å². The Morgan fingerprint density at radius 1 is 1.26 bits per heavy atom. The summed E-state index contributed by atoms with van der Waals surface area (Å²) >= 11 is 1.56. The van der Waals surface area contributed by atoms with Crippen molar-refractivity contribution in [2.24, 2.45) is 5.16 Å². The largest absolute Gasteiger partial charge is 0.435 e. The van der Waals surface area contributed by atoms with Gasteiger partial charge in [0.25, 0.3) is 0 Å². The number of thiazole rings is 1. The third-order valence-corrected chi connectivity index (χ3v) is 8.32. The Labute approximate surface area is 227 Å². The van der Waals surface area contributed by atoms with Crippen LogP contribution in [0, 0.1) is 6.92 Å². The van der Waals surface area contributed by atoms with E-state index in [1.807, 2.05) is 28.5 Å². The van der Waals surface area contributed by atoms with Crippen molar-refractivity contribution in [2.45, 2.75) is 63.9 Å². The predicted octanol–water partition coefficient (Wildman–Crippen LogP) is 5.18. The summed E-state index contributed by atoms with van der Waals surface area (Å²) in [5.41, 5.74) is 2.37. The number of alkyl halides is 3. The van der Waals surface area contributed by atoms with Crippen LogP contribution < -0.4 is 0 Å². The molecule has 1 aromatic carbocycles. The number of carbonyl (C=O) groups excluding carboxylic acids is 2. The predicted molar refractivity (Wildman–Crippen MR) is 139 cm³/mol. The Morgan fingerprint density at radius 2 is 2.00 bits per heavy atom. The molecule has 0 N–H and O–H groups in total. The monoisotopic (exact) mass is 559 g/mol. The van der Waals surface area contributed by atoms with Gasteiger partial charge in [0.05, 0.1) is 23.3 Å². The topological polar surface area (TPSA) is 89.7 Å². The molecule has 1 fully saturated rings. The average Bonchev–Trinajstić information content (AvgIpc) is 3.67. The van der Waals surface area contributed by atoms with Gasteiger partial charge in [-0.05, 0) is 45.8 Å². The second kappa shape index (κ2) is 11.0. The Balaban J connectivity index is 1.18. The van der Waals surface area contributed by atoms with Crippen LogP contribution in [0.1, 0.15) is 76.2 Å². The maximum Gasteiger partial charge on any atom is 0.435 e. The molecular weight excluding hydrogens is 531 g/mol. The van der Waals surface area contributed by atoms with Gasteiger partial charge in [-0.15, -0.1) is 11.3 Å². The van der Waals surface area contributed by atoms with E-state index in [2.05, 4.69) is 10.3 Å². The summed E-state index contributed by atoms with van der Waals surface area (Å²) in [6.07, 6.45) is -1.99. The lowest BCUT2D eigenvalue weighted by molar-refractivity contribution is -0.141. The number of aryl methyl sites for hydroxylation is 1. The molecule has 2 aromatic heterocycles. The Hall–Kier alpha value is -3.38. The highest BCUT2D eigenvalue weighted by Crippen LogP contribution is 2.35. The number of piperidine rings is 1. The van der Waals surface area contributed by atoms with E-state index >= 15 is 0 Å². The Bertz CT molecular complexity index is 1390. The van der Waals surface area contributed by atoms with Crippen LogP contribution >= 0.6 is 11.3 Å². The fraction of sp³-hybridized carbons (Fsp3) is 0.444. The van der Waals surface area contributed by atoms with Gasteiger partial charge in [0.1, 0.15) is 12.0 Å². The highest BCUT2D eigenvalue weighted by Gasteiger charge is 2.35. The van der Waals surface area contributed by atoms with Gasteiger partial charge in [0, 0.05) is 34.5 Å².